The Hall–Kier alpha value is -1.22. The second-order valence-electron chi connectivity index (χ2n) is 5.46. The van der Waals surface area contributed by atoms with Crippen LogP contribution < -0.4 is 15.2 Å². The zero-order valence-electron chi connectivity index (χ0n) is 12.0. The molecule has 3 atom stereocenters. The molecule has 0 radical (unpaired) electrons. The first-order chi connectivity index (χ1) is 9.22. The molecule has 0 bridgehead atoms. The summed E-state index contributed by atoms with van der Waals surface area (Å²) in [6.45, 7) is 2.24. The monoisotopic (exact) mass is 263 g/mol. The highest BCUT2D eigenvalue weighted by Gasteiger charge is 2.29. The molecule has 0 spiro atoms. The Bertz CT molecular complexity index is 377. The summed E-state index contributed by atoms with van der Waals surface area (Å²) >= 11 is 0. The van der Waals surface area contributed by atoms with E-state index >= 15 is 0 Å². The quantitative estimate of drug-likeness (QED) is 0.885. The van der Waals surface area contributed by atoms with Crippen molar-refractivity contribution in [2.45, 2.75) is 51.2 Å². The molecule has 1 aliphatic carbocycles. The first-order valence-corrected chi connectivity index (χ1v) is 7.29. The lowest BCUT2D eigenvalue weighted by atomic mass is 9.82. The first-order valence-electron chi connectivity index (χ1n) is 7.29. The Balaban J connectivity index is 1.95. The maximum atomic E-state index is 6.19. The van der Waals surface area contributed by atoms with Crippen LogP contribution in [0.15, 0.2) is 24.3 Å². The van der Waals surface area contributed by atoms with E-state index in [4.69, 9.17) is 15.2 Å². The predicted octanol–water partition coefficient (Wildman–Crippen LogP) is 3.37. The molecule has 1 aromatic carbocycles. The molecule has 106 valence electrons. The van der Waals surface area contributed by atoms with Crippen molar-refractivity contribution >= 4 is 0 Å². The molecular weight excluding hydrogens is 238 g/mol. The molecule has 2 N–H and O–H groups in total. The predicted molar refractivity (Wildman–Crippen MR) is 77.6 cm³/mol. The van der Waals surface area contributed by atoms with Gasteiger partial charge in [-0.1, -0.05) is 19.8 Å². The van der Waals surface area contributed by atoms with Crippen LogP contribution in [0.2, 0.25) is 0 Å². The van der Waals surface area contributed by atoms with Gasteiger partial charge in [0.05, 0.1) is 7.11 Å². The minimum Gasteiger partial charge on any atom is -0.497 e. The van der Waals surface area contributed by atoms with E-state index in [9.17, 15) is 0 Å². The zero-order valence-corrected chi connectivity index (χ0v) is 12.0. The van der Waals surface area contributed by atoms with Gasteiger partial charge in [0.2, 0.25) is 0 Å². The van der Waals surface area contributed by atoms with Crippen molar-refractivity contribution in [2.24, 2.45) is 11.7 Å². The van der Waals surface area contributed by atoms with Gasteiger partial charge < -0.3 is 15.2 Å². The molecule has 3 nitrogen and oxygen atoms in total. The van der Waals surface area contributed by atoms with Gasteiger partial charge in [-0.05, 0) is 49.4 Å². The Kier molecular flexibility index (Phi) is 5.08. The third-order valence-corrected chi connectivity index (χ3v) is 4.00. The van der Waals surface area contributed by atoms with Crippen molar-refractivity contribution in [3.05, 3.63) is 24.3 Å². The molecule has 2 rings (SSSR count). The third kappa shape index (κ3) is 3.87. The van der Waals surface area contributed by atoms with Gasteiger partial charge in [-0.15, -0.1) is 0 Å². The molecule has 1 aliphatic rings. The van der Waals surface area contributed by atoms with Crippen LogP contribution in [0.1, 0.15) is 39.0 Å². The van der Waals surface area contributed by atoms with Crippen molar-refractivity contribution in [1.82, 2.24) is 0 Å². The second-order valence-corrected chi connectivity index (χ2v) is 5.46. The van der Waals surface area contributed by atoms with Crippen LogP contribution in [0.4, 0.5) is 0 Å². The fourth-order valence-electron chi connectivity index (χ4n) is 2.87. The van der Waals surface area contributed by atoms with Crippen LogP contribution in [0.25, 0.3) is 0 Å². The van der Waals surface area contributed by atoms with E-state index in [2.05, 4.69) is 6.92 Å². The van der Waals surface area contributed by atoms with E-state index in [0.717, 1.165) is 30.3 Å². The molecule has 1 fully saturated rings. The van der Waals surface area contributed by atoms with E-state index < -0.39 is 0 Å². The second kappa shape index (κ2) is 6.80. The molecule has 1 saturated carbocycles. The Labute approximate surface area is 116 Å². The summed E-state index contributed by atoms with van der Waals surface area (Å²) in [5, 5.41) is 0. The summed E-state index contributed by atoms with van der Waals surface area (Å²) in [7, 11) is 1.67. The molecule has 3 heteroatoms. The largest absolute Gasteiger partial charge is 0.497 e. The zero-order chi connectivity index (χ0) is 13.7. The van der Waals surface area contributed by atoms with E-state index in [-0.39, 0.29) is 12.1 Å². The van der Waals surface area contributed by atoms with E-state index in [1.807, 2.05) is 24.3 Å². The maximum absolute atomic E-state index is 6.19. The highest BCUT2D eigenvalue weighted by atomic mass is 16.5. The summed E-state index contributed by atoms with van der Waals surface area (Å²) in [6, 6.07) is 7.92. The Morgan fingerprint density at radius 2 is 1.84 bits per heavy atom. The van der Waals surface area contributed by atoms with E-state index in [1.54, 1.807) is 7.11 Å². The average Bonchev–Trinajstić information content (AvgIpc) is 2.44. The molecule has 0 aliphatic heterocycles. The van der Waals surface area contributed by atoms with E-state index in [0.29, 0.717) is 0 Å². The van der Waals surface area contributed by atoms with Crippen LogP contribution in [0.3, 0.4) is 0 Å². The minimum atomic E-state index is 0.152. The van der Waals surface area contributed by atoms with Crippen molar-refractivity contribution < 1.29 is 9.47 Å². The fourth-order valence-corrected chi connectivity index (χ4v) is 2.87. The number of rotatable bonds is 5. The molecule has 3 unspecified atom stereocenters. The van der Waals surface area contributed by atoms with Crippen LogP contribution in [0.5, 0.6) is 11.5 Å². The Morgan fingerprint density at radius 1 is 1.16 bits per heavy atom. The van der Waals surface area contributed by atoms with Gasteiger partial charge in [0, 0.05) is 6.04 Å². The van der Waals surface area contributed by atoms with Gasteiger partial charge >= 0.3 is 0 Å². The lowest BCUT2D eigenvalue weighted by molar-refractivity contribution is 0.0992. The molecule has 0 amide bonds. The molecule has 0 heterocycles. The van der Waals surface area contributed by atoms with Crippen LogP contribution in [-0.4, -0.2) is 19.3 Å². The van der Waals surface area contributed by atoms with Gasteiger partial charge in [0.15, 0.2) is 0 Å². The summed E-state index contributed by atoms with van der Waals surface area (Å²) in [5.74, 6) is 2.51. The SMILES string of the molecule is CCCC1CCC(N)C(Oc2ccc(OC)cc2)C1. The standard InChI is InChI=1S/C16H25NO2/c1-3-4-12-5-10-15(17)16(11-12)19-14-8-6-13(18-2)7-9-14/h6-9,12,15-16H,3-5,10-11,17H2,1-2H3. The lowest BCUT2D eigenvalue weighted by Gasteiger charge is -2.34. The fraction of sp³-hybridized carbons (Fsp3) is 0.625. The van der Waals surface area contributed by atoms with Crippen LogP contribution in [0, 0.1) is 5.92 Å². The van der Waals surface area contributed by atoms with Crippen molar-refractivity contribution in [3.8, 4) is 11.5 Å². The molecule has 0 saturated heterocycles. The van der Waals surface area contributed by atoms with Gasteiger partial charge in [-0.25, -0.2) is 0 Å². The van der Waals surface area contributed by atoms with Crippen molar-refractivity contribution in [1.29, 1.82) is 0 Å². The number of benzene rings is 1. The first kappa shape index (κ1) is 14.2. The van der Waals surface area contributed by atoms with Crippen LogP contribution >= 0.6 is 0 Å². The summed E-state index contributed by atoms with van der Waals surface area (Å²) in [4.78, 5) is 0. The summed E-state index contributed by atoms with van der Waals surface area (Å²) in [5.41, 5.74) is 6.19. The molecular formula is C16H25NO2. The van der Waals surface area contributed by atoms with Gasteiger partial charge in [-0.3, -0.25) is 0 Å². The average molecular weight is 263 g/mol. The summed E-state index contributed by atoms with van der Waals surface area (Å²) < 4.78 is 11.2. The minimum absolute atomic E-state index is 0.152. The lowest BCUT2D eigenvalue weighted by Crippen LogP contribution is -2.43. The number of methoxy groups -OCH3 is 1. The van der Waals surface area contributed by atoms with E-state index in [1.165, 1.54) is 19.3 Å². The number of nitrogens with two attached hydrogens (primary N) is 1. The Morgan fingerprint density at radius 3 is 2.47 bits per heavy atom. The van der Waals surface area contributed by atoms with Crippen molar-refractivity contribution in [2.75, 3.05) is 7.11 Å². The molecule has 19 heavy (non-hydrogen) atoms. The number of hydrogen-bond donors (Lipinski definition) is 1. The number of hydrogen-bond acceptors (Lipinski definition) is 3. The van der Waals surface area contributed by atoms with Crippen molar-refractivity contribution in [3.63, 3.8) is 0 Å². The van der Waals surface area contributed by atoms with Gasteiger partial charge in [-0.2, -0.15) is 0 Å². The third-order valence-electron chi connectivity index (χ3n) is 4.00. The highest BCUT2D eigenvalue weighted by molar-refractivity contribution is 5.31. The normalized spacial score (nSPS) is 27.0. The van der Waals surface area contributed by atoms with Gasteiger partial charge in [0.25, 0.3) is 0 Å². The maximum Gasteiger partial charge on any atom is 0.120 e. The summed E-state index contributed by atoms with van der Waals surface area (Å²) in [6.07, 6.45) is 6.09. The number of ether oxygens (including phenoxy) is 2. The molecule has 0 aromatic heterocycles. The molecule has 1 aromatic rings. The highest BCUT2D eigenvalue weighted by Crippen LogP contribution is 2.30. The van der Waals surface area contributed by atoms with Crippen LogP contribution in [-0.2, 0) is 0 Å². The topological polar surface area (TPSA) is 44.5 Å². The smallest absolute Gasteiger partial charge is 0.120 e. The van der Waals surface area contributed by atoms with Gasteiger partial charge in [0.1, 0.15) is 17.6 Å².